The van der Waals surface area contributed by atoms with E-state index in [0.29, 0.717) is 11.4 Å². The van der Waals surface area contributed by atoms with Crippen molar-refractivity contribution in [3.05, 3.63) is 22.4 Å². The molecule has 0 aromatic carbocycles. The summed E-state index contributed by atoms with van der Waals surface area (Å²) in [6.07, 6.45) is 5.61. The van der Waals surface area contributed by atoms with Gasteiger partial charge in [-0.3, -0.25) is 0 Å². The quantitative estimate of drug-likeness (QED) is 0.654. The summed E-state index contributed by atoms with van der Waals surface area (Å²) in [5.74, 6) is 0.399. The predicted molar refractivity (Wildman–Crippen MR) is 59.4 cm³/mol. The lowest BCUT2D eigenvalue weighted by molar-refractivity contribution is 0.710. The summed E-state index contributed by atoms with van der Waals surface area (Å²) in [6.45, 7) is 1.99. The Morgan fingerprint density at radius 3 is 2.53 bits per heavy atom. The Bertz CT molecular complexity index is 429. The minimum absolute atomic E-state index is 0.399. The zero-order valence-electron chi connectivity index (χ0n) is 9.01. The van der Waals surface area contributed by atoms with Gasteiger partial charge < -0.3 is 5.73 Å². The molecule has 1 aliphatic carbocycles. The van der Waals surface area contributed by atoms with E-state index < -0.39 is 0 Å². The molecule has 15 heavy (non-hydrogen) atoms. The van der Waals surface area contributed by atoms with E-state index in [4.69, 9.17) is 11.0 Å². The van der Waals surface area contributed by atoms with Gasteiger partial charge in [0.15, 0.2) is 0 Å². The summed E-state index contributed by atoms with van der Waals surface area (Å²) in [6, 6.07) is 2.19. The summed E-state index contributed by atoms with van der Waals surface area (Å²) in [5.41, 5.74) is 9.80. The monoisotopic (exact) mass is 201 g/mol. The average molecular weight is 201 g/mol. The molecule has 1 aliphatic rings. The maximum atomic E-state index is 9.09. The Morgan fingerprint density at radius 1 is 1.20 bits per heavy atom. The van der Waals surface area contributed by atoms with Crippen LogP contribution in [0.1, 0.15) is 41.6 Å². The van der Waals surface area contributed by atoms with Crippen molar-refractivity contribution in [2.45, 2.75) is 39.0 Å². The normalized spacial score (nSPS) is 15.2. The number of nitrogen functional groups attached to an aromatic ring is 1. The fraction of sp³-hybridized carbons (Fsp3) is 0.500. The number of nitriles is 1. The second kappa shape index (κ2) is 3.90. The molecule has 0 unspecified atom stereocenters. The summed E-state index contributed by atoms with van der Waals surface area (Å²) in [5, 5.41) is 9.09. The van der Waals surface area contributed by atoms with Crippen LogP contribution in [0.25, 0.3) is 0 Å². The van der Waals surface area contributed by atoms with Gasteiger partial charge in [-0.05, 0) is 43.7 Å². The second-order valence-corrected chi connectivity index (χ2v) is 4.09. The van der Waals surface area contributed by atoms with Gasteiger partial charge in [-0.2, -0.15) is 5.26 Å². The van der Waals surface area contributed by atoms with Crippen LogP contribution < -0.4 is 5.73 Å². The van der Waals surface area contributed by atoms with Crippen LogP contribution in [-0.4, -0.2) is 4.98 Å². The van der Waals surface area contributed by atoms with Crippen LogP contribution in [0.5, 0.6) is 0 Å². The Hall–Kier alpha value is -1.56. The standard InChI is InChI=1S/C12H15N3/c1-8-9-5-3-2-4-6-10(9)11(7-13)12(14)15-8/h2-6H2,1H3,(H2,14,15). The lowest BCUT2D eigenvalue weighted by Gasteiger charge is -2.12. The highest BCUT2D eigenvalue weighted by Gasteiger charge is 2.17. The third-order valence-corrected chi connectivity index (χ3v) is 3.11. The van der Waals surface area contributed by atoms with Crippen molar-refractivity contribution in [2.75, 3.05) is 5.73 Å². The van der Waals surface area contributed by atoms with Gasteiger partial charge in [0.05, 0.1) is 5.56 Å². The van der Waals surface area contributed by atoms with Crippen molar-refractivity contribution < 1.29 is 0 Å². The molecule has 2 rings (SSSR count). The van der Waals surface area contributed by atoms with Crippen LogP contribution in [0.15, 0.2) is 0 Å². The van der Waals surface area contributed by atoms with Crippen molar-refractivity contribution >= 4 is 5.82 Å². The number of aryl methyl sites for hydroxylation is 1. The van der Waals surface area contributed by atoms with Crippen LogP contribution in [0.4, 0.5) is 5.82 Å². The SMILES string of the molecule is Cc1nc(N)c(C#N)c2c1CCCCC2. The van der Waals surface area contributed by atoms with E-state index in [1.807, 2.05) is 6.92 Å². The van der Waals surface area contributed by atoms with E-state index in [2.05, 4.69) is 11.1 Å². The fourth-order valence-corrected chi connectivity index (χ4v) is 2.34. The van der Waals surface area contributed by atoms with Crippen LogP contribution in [0, 0.1) is 18.3 Å². The van der Waals surface area contributed by atoms with Crippen molar-refractivity contribution in [3.63, 3.8) is 0 Å². The number of anilines is 1. The molecular weight excluding hydrogens is 186 g/mol. The first kappa shape index (κ1) is 9.97. The van der Waals surface area contributed by atoms with Gasteiger partial charge in [-0.1, -0.05) is 6.42 Å². The molecule has 0 bridgehead atoms. The molecule has 2 N–H and O–H groups in total. The predicted octanol–water partition coefficient (Wildman–Crippen LogP) is 2.11. The van der Waals surface area contributed by atoms with E-state index >= 15 is 0 Å². The molecule has 0 saturated carbocycles. The van der Waals surface area contributed by atoms with Crippen LogP contribution >= 0.6 is 0 Å². The van der Waals surface area contributed by atoms with Gasteiger partial charge >= 0.3 is 0 Å². The number of rotatable bonds is 0. The molecule has 1 heterocycles. The third kappa shape index (κ3) is 1.68. The first-order valence-electron chi connectivity index (χ1n) is 5.42. The Kier molecular flexibility index (Phi) is 2.59. The zero-order chi connectivity index (χ0) is 10.8. The second-order valence-electron chi connectivity index (χ2n) is 4.09. The van der Waals surface area contributed by atoms with Crippen LogP contribution in [0.3, 0.4) is 0 Å². The molecule has 78 valence electrons. The molecular formula is C12H15N3. The molecule has 3 heteroatoms. The van der Waals surface area contributed by atoms with Gasteiger partial charge in [0.25, 0.3) is 0 Å². The van der Waals surface area contributed by atoms with Crippen molar-refractivity contribution in [1.82, 2.24) is 4.98 Å². The Balaban J connectivity index is 2.64. The molecule has 1 aromatic rings. The zero-order valence-corrected chi connectivity index (χ0v) is 9.01. The molecule has 1 aromatic heterocycles. The lowest BCUT2D eigenvalue weighted by atomic mass is 9.97. The highest BCUT2D eigenvalue weighted by molar-refractivity contribution is 5.57. The minimum atomic E-state index is 0.399. The largest absolute Gasteiger partial charge is 0.383 e. The van der Waals surface area contributed by atoms with Crippen LogP contribution in [0.2, 0.25) is 0 Å². The highest BCUT2D eigenvalue weighted by Crippen LogP contribution is 2.27. The molecule has 0 aliphatic heterocycles. The Labute approximate surface area is 89.9 Å². The molecule has 0 atom stereocenters. The van der Waals surface area contributed by atoms with Gasteiger partial charge in [0, 0.05) is 5.69 Å². The number of hydrogen-bond donors (Lipinski definition) is 1. The molecule has 0 fully saturated rings. The molecule has 0 saturated heterocycles. The first-order chi connectivity index (χ1) is 7.24. The highest BCUT2D eigenvalue weighted by atomic mass is 14.8. The molecule has 3 nitrogen and oxygen atoms in total. The van der Waals surface area contributed by atoms with Crippen molar-refractivity contribution in [3.8, 4) is 6.07 Å². The summed E-state index contributed by atoms with van der Waals surface area (Å²) < 4.78 is 0. The number of nitrogens with zero attached hydrogens (tertiary/aromatic N) is 2. The number of aromatic nitrogens is 1. The smallest absolute Gasteiger partial charge is 0.141 e. The molecule has 0 radical (unpaired) electrons. The topological polar surface area (TPSA) is 62.7 Å². The van der Waals surface area contributed by atoms with Crippen LogP contribution in [-0.2, 0) is 12.8 Å². The van der Waals surface area contributed by atoms with Gasteiger partial charge in [-0.15, -0.1) is 0 Å². The maximum Gasteiger partial charge on any atom is 0.141 e. The fourth-order valence-electron chi connectivity index (χ4n) is 2.34. The van der Waals surface area contributed by atoms with Crippen molar-refractivity contribution in [1.29, 1.82) is 5.26 Å². The van der Waals surface area contributed by atoms with Crippen molar-refractivity contribution in [2.24, 2.45) is 0 Å². The van der Waals surface area contributed by atoms with E-state index in [1.165, 1.54) is 18.4 Å². The number of pyridine rings is 1. The molecule has 0 amide bonds. The van der Waals surface area contributed by atoms with Gasteiger partial charge in [-0.25, -0.2) is 4.98 Å². The first-order valence-corrected chi connectivity index (χ1v) is 5.42. The van der Waals surface area contributed by atoms with Gasteiger partial charge in [0.2, 0.25) is 0 Å². The van der Waals surface area contributed by atoms with E-state index in [1.54, 1.807) is 0 Å². The molecule has 0 spiro atoms. The minimum Gasteiger partial charge on any atom is -0.383 e. The summed E-state index contributed by atoms with van der Waals surface area (Å²) in [4.78, 5) is 4.25. The maximum absolute atomic E-state index is 9.09. The summed E-state index contributed by atoms with van der Waals surface area (Å²) >= 11 is 0. The average Bonchev–Trinajstić information content (AvgIpc) is 2.44. The third-order valence-electron chi connectivity index (χ3n) is 3.11. The van der Waals surface area contributed by atoms with E-state index in [-0.39, 0.29) is 0 Å². The summed E-state index contributed by atoms with van der Waals surface area (Å²) in [7, 11) is 0. The van der Waals surface area contributed by atoms with E-state index in [9.17, 15) is 0 Å². The van der Waals surface area contributed by atoms with E-state index in [0.717, 1.165) is 30.5 Å². The van der Waals surface area contributed by atoms with Gasteiger partial charge in [0.1, 0.15) is 11.9 Å². The lowest BCUT2D eigenvalue weighted by Crippen LogP contribution is -2.06. The number of hydrogen-bond acceptors (Lipinski definition) is 3. The number of fused-ring (bicyclic) bond motifs is 1. The Morgan fingerprint density at radius 2 is 1.87 bits per heavy atom. The number of nitrogens with two attached hydrogens (primary N) is 1.